The van der Waals surface area contributed by atoms with E-state index in [2.05, 4.69) is 0 Å². The quantitative estimate of drug-likeness (QED) is 0.0861. The second-order valence-corrected chi connectivity index (χ2v) is 13.9. The first kappa shape index (κ1) is 43.2. The largest absolute Gasteiger partial charge is 0.467 e. The molecule has 0 spiro atoms. The van der Waals surface area contributed by atoms with Crippen molar-refractivity contribution in [1.82, 2.24) is 4.90 Å². The summed E-state index contributed by atoms with van der Waals surface area (Å²) in [6.07, 6.45) is 13.3. The first-order valence-electron chi connectivity index (χ1n) is 18.0. The number of allylic oxidation sites excluding steroid dienone is 6. The Hall–Kier alpha value is -2.96. The van der Waals surface area contributed by atoms with E-state index in [9.17, 15) is 29.4 Å². The van der Waals surface area contributed by atoms with E-state index in [0.29, 0.717) is 38.5 Å². The molecule has 2 heterocycles. The lowest BCUT2D eigenvalue weighted by Crippen LogP contribution is -2.60. The lowest BCUT2D eigenvalue weighted by atomic mass is 9.85. The minimum absolute atomic E-state index is 0.109. The van der Waals surface area contributed by atoms with Crippen LogP contribution in [-0.2, 0) is 38.1 Å². The molecule has 2 aliphatic rings. The van der Waals surface area contributed by atoms with Crippen molar-refractivity contribution in [3.8, 4) is 0 Å². The zero-order valence-electron chi connectivity index (χ0n) is 31.6. The Bertz CT molecular complexity index is 1270. The molecule has 0 aromatic heterocycles. The molecule has 1 amide bonds. The highest BCUT2D eigenvalue weighted by Crippen LogP contribution is 2.36. The number of carbonyl (C=O) groups is 4. The number of aliphatic hydroxyl groups is 2. The molecule has 0 radical (unpaired) electrons. The van der Waals surface area contributed by atoms with Crippen molar-refractivity contribution in [2.24, 2.45) is 17.8 Å². The van der Waals surface area contributed by atoms with Gasteiger partial charge in [0.1, 0.15) is 18.2 Å². The standard InChI is InChI=1S/C39H61NO10/c1-10-16-27(4)33(41)35(48-8)34(42)28(5)23-25(2)17-12-11-13-18-26(3)32(47-7)24-30-21-20-29(6)39(46,50-30)36(43)37(44)40-22-15-14-19-31(40)38(45)49-9/h11-13,16-18,25,28-33,35,41,46H,10,14-15,19-24H2,1-9H3/b13-11+,17-12+,26-18+,27-16+/t25-,28-,29-,30?,31+,32+,33-,35-,39-/m1/s1. The van der Waals surface area contributed by atoms with Gasteiger partial charge in [0.25, 0.3) is 11.7 Å². The summed E-state index contributed by atoms with van der Waals surface area (Å²) >= 11 is 0. The molecule has 0 aromatic carbocycles. The molecule has 2 aliphatic heterocycles. The van der Waals surface area contributed by atoms with E-state index in [1.807, 2.05) is 64.2 Å². The lowest BCUT2D eigenvalue weighted by molar-refractivity contribution is -0.265. The van der Waals surface area contributed by atoms with Gasteiger partial charge in [-0.25, -0.2) is 4.79 Å². The Morgan fingerprint density at radius 1 is 0.980 bits per heavy atom. The molecule has 50 heavy (non-hydrogen) atoms. The average Bonchev–Trinajstić information content (AvgIpc) is 3.10. The number of aliphatic hydroxyl groups excluding tert-OH is 1. The van der Waals surface area contributed by atoms with E-state index in [4.69, 9.17) is 18.9 Å². The molecular formula is C39H61NO10. The van der Waals surface area contributed by atoms with Crippen molar-refractivity contribution in [2.45, 2.75) is 129 Å². The monoisotopic (exact) mass is 703 g/mol. The van der Waals surface area contributed by atoms with Gasteiger partial charge >= 0.3 is 5.97 Å². The van der Waals surface area contributed by atoms with Crippen LogP contribution in [0.1, 0.15) is 92.9 Å². The number of methoxy groups -OCH3 is 3. The second kappa shape index (κ2) is 20.8. The van der Waals surface area contributed by atoms with Gasteiger partial charge in [-0.15, -0.1) is 0 Å². The molecule has 0 aliphatic carbocycles. The molecule has 11 heteroatoms. The highest BCUT2D eigenvalue weighted by atomic mass is 16.6. The zero-order chi connectivity index (χ0) is 37.6. The van der Waals surface area contributed by atoms with E-state index in [1.165, 1.54) is 19.1 Å². The minimum atomic E-state index is -2.31. The fourth-order valence-electron chi connectivity index (χ4n) is 6.80. The van der Waals surface area contributed by atoms with E-state index in [1.54, 1.807) is 21.0 Å². The average molecular weight is 704 g/mol. The van der Waals surface area contributed by atoms with Crippen molar-refractivity contribution < 1.29 is 48.3 Å². The molecule has 0 bridgehead atoms. The summed E-state index contributed by atoms with van der Waals surface area (Å²) in [4.78, 5) is 53.3. The van der Waals surface area contributed by atoms with Gasteiger partial charge in [0.15, 0.2) is 5.78 Å². The third-order valence-corrected chi connectivity index (χ3v) is 10.0. The summed E-state index contributed by atoms with van der Waals surface area (Å²) in [5.74, 6) is -5.82. The van der Waals surface area contributed by atoms with Crippen molar-refractivity contribution in [2.75, 3.05) is 27.9 Å². The van der Waals surface area contributed by atoms with Gasteiger partial charge in [-0.2, -0.15) is 0 Å². The fraction of sp³-hybridized carbons (Fsp3) is 0.692. The number of Topliss-reactive ketones (excluding diaryl/α,β-unsaturated/α-hetero) is 2. The number of ketones is 2. The van der Waals surface area contributed by atoms with Crippen LogP contribution in [0, 0.1) is 17.8 Å². The van der Waals surface area contributed by atoms with Crippen molar-refractivity contribution in [3.05, 3.63) is 47.6 Å². The van der Waals surface area contributed by atoms with Gasteiger partial charge in [0.2, 0.25) is 5.79 Å². The van der Waals surface area contributed by atoms with Crippen LogP contribution in [0.25, 0.3) is 0 Å². The Kier molecular flexibility index (Phi) is 18.0. The SMILES string of the molecule is CC/C=C(\C)[C@@H](O)[C@@H](OC)C(=O)[C@H](C)C[C@H](C)/C=C/C=C/C=C(\C)[C@H](CC1CC[C@@H](C)[C@](O)(C(=O)C(=O)N2CCCC[C@H]2C(=O)OC)O1)OC. The molecule has 11 nitrogen and oxygen atoms in total. The number of nitrogens with zero attached hydrogens (tertiary/aromatic N) is 1. The van der Waals surface area contributed by atoms with Crippen LogP contribution in [0.2, 0.25) is 0 Å². The number of hydrogen-bond donors (Lipinski definition) is 2. The van der Waals surface area contributed by atoms with Crippen molar-refractivity contribution >= 4 is 23.4 Å². The molecule has 2 rings (SSSR count). The third-order valence-electron chi connectivity index (χ3n) is 10.0. The highest BCUT2D eigenvalue weighted by Gasteiger charge is 2.52. The number of rotatable bonds is 18. The van der Waals surface area contributed by atoms with Gasteiger partial charge in [-0.3, -0.25) is 14.4 Å². The Labute approximate surface area is 298 Å². The number of esters is 1. The molecule has 0 aromatic rings. The van der Waals surface area contributed by atoms with E-state index in [-0.39, 0.29) is 30.3 Å². The minimum Gasteiger partial charge on any atom is -0.467 e. The Morgan fingerprint density at radius 3 is 2.30 bits per heavy atom. The van der Waals surface area contributed by atoms with Crippen LogP contribution >= 0.6 is 0 Å². The van der Waals surface area contributed by atoms with Crippen molar-refractivity contribution in [1.29, 1.82) is 0 Å². The number of ether oxygens (including phenoxy) is 4. The predicted octanol–water partition coefficient (Wildman–Crippen LogP) is 5.04. The summed E-state index contributed by atoms with van der Waals surface area (Å²) in [6.45, 7) is 11.5. The Morgan fingerprint density at radius 2 is 1.68 bits per heavy atom. The maximum absolute atomic E-state index is 13.5. The lowest BCUT2D eigenvalue weighted by Gasteiger charge is -2.42. The van der Waals surface area contributed by atoms with E-state index < -0.39 is 53.7 Å². The number of carbonyl (C=O) groups excluding carboxylic acids is 4. The maximum Gasteiger partial charge on any atom is 0.328 e. The summed E-state index contributed by atoms with van der Waals surface area (Å²) in [6, 6.07) is -0.862. The molecule has 2 saturated heterocycles. The molecule has 0 saturated carbocycles. The van der Waals surface area contributed by atoms with E-state index in [0.717, 1.165) is 24.0 Å². The molecule has 282 valence electrons. The van der Waals surface area contributed by atoms with Gasteiger partial charge in [-0.1, -0.05) is 64.2 Å². The summed E-state index contributed by atoms with van der Waals surface area (Å²) < 4.78 is 22.0. The first-order valence-corrected chi connectivity index (χ1v) is 18.0. The van der Waals surface area contributed by atoms with Gasteiger partial charge in [0.05, 0.1) is 19.3 Å². The van der Waals surface area contributed by atoms with Crippen LogP contribution in [0.5, 0.6) is 0 Å². The molecule has 2 fully saturated rings. The van der Waals surface area contributed by atoms with E-state index >= 15 is 0 Å². The zero-order valence-corrected chi connectivity index (χ0v) is 31.6. The maximum atomic E-state index is 13.5. The molecule has 1 unspecified atom stereocenters. The smallest absolute Gasteiger partial charge is 0.328 e. The van der Waals surface area contributed by atoms with Crippen LogP contribution in [0.15, 0.2) is 47.6 Å². The fourth-order valence-corrected chi connectivity index (χ4v) is 6.80. The number of amides is 1. The number of hydrogen-bond acceptors (Lipinski definition) is 10. The van der Waals surface area contributed by atoms with Gasteiger partial charge in [0, 0.05) is 39.0 Å². The predicted molar refractivity (Wildman–Crippen MR) is 191 cm³/mol. The van der Waals surface area contributed by atoms with Gasteiger partial charge in [-0.05, 0) is 75.9 Å². The van der Waals surface area contributed by atoms with Crippen LogP contribution < -0.4 is 0 Å². The normalized spacial score (nSPS) is 26.8. The third kappa shape index (κ3) is 11.5. The van der Waals surface area contributed by atoms with Crippen molar-refractivity contribution in [3.63, 3.8) is 0 Å². The topological polar surface area (TPSA) is 149 Å². The number of likely N-dealkylation sites (tertiary alicyclic amines) is 1. The number of piperidine rings is 1. The highest BCUT2D eigenvalue weighted by molar-refractivity contribution is 6.39. The van der Waals surface area contributed by atoms with Crippen LogP contribution in [-0.4, -0.2) is 103 Å². The molecule has 9 atom stereocenters. The van der Waals surface area contributed by atoms with Gasteiger partial charge < -0.3 is 34.1 Å². The van der Waals surface area contributed by atoms with Crippen LogP contribution in [0.3, 0.4) is 0 Å². The summed E-state index contributed by atoms with van der Waals surface area (Å²) in [7, 11) is 4.27. The van der Waals surface area contributed by atoms with Crippen LogP contribution in [0.4, 0.5) is 0 Å². The second-order valence-electron chi connectivity index (χ2n) is 13.9. The Balaban J connectivity index is 2.00. The first-order chi connectivity index (χ1) is 23.7. The summed E-state index contributed by atoms with van der Waals surface area (Å²) in [5, 5.41) is 22.1. The molecule has 2 N–H and O–H groups in total. The summed E-state index contributed by atoms with van der Waals surface area (Å²) in [5.41, 5.74) is 1.63. The molecular weight excluding hydrogens is 642 g/mol.